The molecule has 0 atom stereocenters. The number of nitriles is 1. The first-order valence-electron chi connectivity index (χ1n) is 10.4. The van der Waals surface area contributed by atoms with Crippen LogP contribution in [0.2, 0.25) is 0 Å². The summed E-state index contributed by atoms with van der Waals surface area (Å²) in [6.07, 6.45) is 0. The summed E-state index contributed by atoms with van der Waals surface area (Å²) in [5, 5.41) is 16.6. The number of nitrogens with two attached hydrogens (primary N) is 1. The predicted octanol–water partition coefficient (Wildman–Crippen LogP) is 0.0858. The van der Waals surface area contributed by atoms with E-state index in [-0.39, 0.29) is 81.8 Å². The Kier molecular flexibility index (Phi) is 12.7. The number of aliphatic hydroxyl groups is 1. The molecule has 174 valence electrons. The van der Waals surface area contributed by atoms with Gasteiger partial charge in [-0.1, -0.05) is 54.6 Å². The van der Waals surface area contributed by atoms with Gasteiger partial charge in [0.25, 0.3) is 11.8 Å². The fourth-order valence-corrected chi connectivity index (χ4v) is 3.48. The molecule has 0 bridgehead atoms. The van der Waals surface area contributed by atoms with E-state index in [0.29, 0.717) is 28.1 Å². The monoisotopic (exact) mass is 496 g/mol. The standard InChI is InChI=1S/C16H10N2O2.C8H8N2.C2H6O.K.H2O/c17-9-11-5-1-2-6-12(11)10-18-15(19)13-7-3-4-8-14(13)16(18)20;9-8-7-4-2-1-3-6(7)5-10-8;1-2-3;;/h1-8H,10H2;1-4H,5H2,(H2,9,10);3H,2H2,1H3;;1H2/q;;;+1;/p-1. The third-order valence-corrected chi connectivity index (χ3v) is 5.06. The Labute approximate surface area is 246 Å². The second kappa shape index (κ2) is 14.7. The Balaban J connectivity index is 0.000000345. The molecule has 0 saturated heterocycles. The van der Waals surface area contributed by atoms with Crippen LogP contribution in [0.15, 0.2) is 77.8 Å². The van der Waals surface area contributed by atoms with Crippen molar-refractivity contribution in [2.75, 3.05) is 6.61 Å². The molecule has 0 spiro atoms. The van der Waals surface area contributed by atoms with Gasteiger partial charge in [0.1, 0.15) is 5.84 Å². The van der Waals surface area contributed by atoms with Crippen LogP contribution in [0.25, 0.3) is 0 Å². The fraction of sp³-hybridized carbons (Fsp3) is 0.154. The summed E-state index contributed by atoms with van der Waals surface area (Å²) in [4.78, 5) is 29.7. The summed E-state index contributed by atoms with van der Waals surface area (Å²) in [5.41, 5.74) is 9.92. The molecule has 35 heavy (non-hydrogen) atoms. The number of hydrogen-bond acceptors (Lipinski definition) is 7. The summed E-state index contributed by atoms with van der Waals surface area (Å²) in [7, 11) is 0. The first-order chi connectivity index (χ1) is 16.0. The van der Waals surface area contributed by atoms with Gasteiger partial charge >= 0.3 is 51.4 Å². The summed E-state index contributed by atoms with van der Waals surface area (Å²) >= 11 is 0. The number of carbonyl (C=O) groups excluding carboxylic acids is 2. The maximum atomic E-state index is 12.2. The zero-order valence-corrected chi connectivity index (χ0v) is 22.8. The molecule has 2 heterocycles. The molecule has 0 aromatic heterocycles. The van der Waals surface area contributed by atoms with Gasteiger partial charge in [-0.15, -0.1) is 0 Å². The number of imide groups is 1. The predicted molar refractivity (Wildman–Crippen MR) is 127 cm³/mol. The zero-order valence-electron chi connectivity index (χ0n) is 19.7. The van der Waals surface area contributed by atoms with E-state index in [0.717, 1.165) is 12.1 Å². The summed E-state index contributed by atoms with van der Waals surface area (Å²) in [5.74, 6) is 0.0623. The van der Waals surface area contributed by atoms with Crippen LogP contribution in [-0.4, -0.2) is 39.7 Å². The molecule has 3 aromatic carbocycles. The van der Waals surface area contributed by atoms with Crippen LogP contribution in [0.1, 0.15) is 49.9 Å². The summed E-state index contributed by atoms with van der Waals surface area (Å²) in [6, 6.07) is 23.8. The minimum atomic E-state index is -0.307. The number of fused-ring (bicyclic) bond motifs is 2. The molecule has 5 rings (SSSR count). The maximum Gasteiger partial charge on any atom is 1.00 e. The normalized spacial score (nSPS) is 12.3. The van der Waals surface area contributed by atoms with Crippen molar-refractivity contribution in [3.05, 3.63) is 106 Å². The van der Waals surface area contributed by atoms with E-state index in [2.05, 4.69) is 17.1 Å². The molecule has 2 aliphatic rings. The van der Waals surface area contributed by atoms with E-state index < -0.39 is 0 Å². The third kappa shape index (κ3) is 7.16. The first kappa shape index (κ1) is 30.3. The van der Waals surface area contributed by atoms with Crippen molar-refractivity contribution in [2.24, 2.45) is 10.7 Å². The second-order valence-corrected chi connectivity index (χ2v) is 7.19. The average molecular weight is 497 g/mol. The largest absolute Gasteiger partial charge is 1.00 e. The van der Waals surface area contributed by atoms with Gasteiger partial charge in [-0.25, -0.2) is 0 Å². The van der Waals surface area contributed by atoms with Gasteiger partial charge in [-0.05, 0) is 36.2 Å². The molecular formula is C26H25KN4O4. The number of aliphatic imine (C=N–C) groups is 1. The molecule has 2 amide bonds. The van der Waals surface area contributed by atoms with Gasteiger partial charge in [0, 0.05) is 12.2 Å². The fourth-order valence-electron chi connectivity index (χ4n) is 3.48. The minimum absolute atomic E-state index is 0. The summed E-state index contributed by atoms with van der Waals surface area (Å²) in [6.45, 7) is 2.80. The Bertz CT molecular complexity index is 1220. The van der Waals surface area contributed by atoms with Crippen LogP contribution in [0.5, 0.6) is 0 Å². The molecular weight excluding hydrogens is 471 g/mol. The van der Waals surface area contributed by atoms with Gasteiger partial charge in [-0.2, -0.15) is 5.26 Å². The number of benzene rings is 3. The van der Waals surface area contributed by atoms with Crippen molar-refractivity contribution in [2.45, 2.75) is 20.0 Å². The zero-order chi connectivity index (χ0) is 23.8. The maximum absolute atomic E-state index is 12.2. The number of amidine groups is 1. The van der Waals surface area contributed by atoms with E-state index in [4.69, 9.17) is 16.1 Å². The Morgan fingerprint density at radius 3 is 1.97 bits per heavy atom. The van der Waals surface area contributed by atoms with Crippen LogP contribution in [0.4, 0.5) is 0 Å². The molecule has 3 aromatic rings. The van der Waals surface area contributed by atoms with Crippen molar-refractivity contribution < 1.29 is 71.6 Å². The number of rotatable bonds is 2. The van der Waals surface area contributed by atoms with Crippen LogP contribution >= 0.6 is 0 Å². The molecule has 0 fully saturated rings. The Morgan fingerprint density at radius 2 is 1.43 bits per heavy atom. The quantitative estimate of drug-likeness (QED) is 0.379. The smallest absolute Gasteiger partial charge is 0.870 e. The van der Waals surface area contributed by atoms with E-state index in [1.54, 1.807) is 55.5 Å². The van der Waals surface area contributed by atoms with Gasteiger partial charge in [-0.3, -0.25) is 19.5 Å². The first-order valence-corrected chi connectivity index (χ1v) is 10.4. The van der Waals surface area contributed by atoms with Crippen LogP contribution in [0.3, 0.4) is 0 Å². The van der Waals surface area contributed by atoms with E-state index in [9.17, 15) is 9.59 Å². The van der Waals surface area contributed by atoms with Crippen molar-refractivity contribution in [3.8, 4) is 6.07 Å². The van der Waals surface area contributed by atoms with E-state index >= 15 is 0 Å². The molecule has 9 heteroatoms. The molecule has 0 radical (unpaired) electrons. The average Bonchev–Trinajstić information content (AvgIpc) is 3.34. The van der Waals surface area contributed by atoms with Crippen molar-refractivity contribution in [3.63, 3.8) is 0 Å². The van der Waals surface area contributed by atoms with Gasteiger partial charge < -0.3 is 16.3 Å². The molecule has 8 nitrogen and oxygen atoms in total. The minimum Gasteiger partial charge on any atom is -0.870 e. The van der Waals surface area contributed by atoms with Crippen molar-refractivity contribution in [1.29, 1.82) is 5.26 Å². The van der Waals surface area contributed by atoms with Crippen molar-refractivity contribution >= 4 is 17.6 Å². The Hall–Kier alpha value is -2.68. The SMILES string of the molecule is CCO.N#Cc1ccccc1CN1C(=O)c2ccccc2C1=O.NC1=NCc2ccccc21.[K+].[OH-]. The number of carbonyl (C=O) groups is 2. The van der Waals surface area contributed by atoms with Crippen LogP contribution in [-0.2, 0) is 13.1 Å². The van der Waals surface area contributed by atoms with Gasteiger partial charge in [0.15, 0.2) is 0 Å². The summed E-state index contributed by atoms with van der Waals surface area (Å²) < 4.78 is 0. The van der Waals surface area contributed by atoms with Crippen LogP contribution in [0, 0.1) is 11.3 Å². The van der Waals surface area contributed by atoms with Crippen molar-refractivity contribution in [1.82, 2.24) is 4.90 Å². The molecule has 0 unspecified atom stereocenters. The van der Waals surface area contributed by atoms with Gasteiger partial charge in [0.2, 0.25) is 0 Å². The number of amides is 2. The number of hydrogen-bond donors (Lipinski definition) is 2. The molecule has 0 saturated carbocycles. The van der Waals surface area contributed by atoms with E-state index in [1.165, 1.54) is 10.5 Å². The molecule has 4 N–H and O–H groups in total. The Morgan fingerprint density at radius 1 is 0.943 bits per heavy atom. The molecule has 0 aliphatic carbocycles. The third-order valence-electron chi connectivity index (χ3n) is 5.06. The second-order valence-electron chi connectivity index (χ2n) is 7.19. The number of nitrogens with zero attached hydrogens (tertiary/aromatic N) is 3. The molecule has 2 aliphatic heterocycles. The topological polar surface area (TPSA) is 150 Å². The van der Waals surface area contributed by atoms with Gasteiger partial charge in [0.05, 0.1) is 35.8 Å². The number of aliphatic hydroxyl groups excluding tert-OH is 1. The van der Waals surface area contributed by atoms with E-state index in [1.807, 2.05) is 18.2 Å². The van der Waals surface area contributed by atoms with Crippen LogP contribution < -0.4 is 57.1 Å².